The molecule has 0 spiro atoms. The molecule has 190 valence electrons. The Morgan fingerprint density at radius 1 is 1.17 bits per heavy atom. The Labute approximate surface area is 202 Å². The fourth-order valence-corrected chi connectivity index (χ4v) is 5.65. The molecule has 0 atom stereocenters. The number of morpholine rings is 1. The molecule has 0 aliphatic carbocycles. The van der Waals surface area contributed by atoms with Gasteiger partial charge >= 0.3 is 0 Å². The summed E-state index contributed by atoms with van der Waals surface area (Å²) >= 11 is 0. The molecule has 2 aromatic rings. The predicted octanol–water partition coefficient (Wildman–Crippen LogP) is 1.03. The molecule has 13 nitrogen and oxygen atoms in total. The van der Waals surface area contributed by atoms with Gasteiger partial charge in [0.05, 0.1) is 47.8 Å². The Bertz CT molecular complexity index is 1320. The molecule has 1 amide bonds. The van der Waals surface area contributed by atoms with E-state index in [-0.39, 0.29) is 54.0 Å². The van der Waals surface area contributed by atoms with Crippen LogP contribution in [0.15, 0.2) is 47.4 Å². The maximum absolute atomic E-state index is 13.0. The Morgan fingerprint density at radius 3 is 2.46 bits per heavy atom. The van der Waals surface area contributed by atoms with Gasteiger partial charge in [0.1, 0.15) is 12.3 Å². The molecule has 15 heteroatoms. The van der Waals surface area contributed by atoms with Gasteiger partial charge in [0.2, 0.25) is 26.0 Å². The number of hydrogen-bond acceptors (Lipinski definition) is 9. The van der Waals surface area contributed by atoms with Crippen molar-refractivity contribution in [1.29, 1.82) is 0 Å². The Kier molecular flexibility index (Phi) is 7.94. The summed E-state index contributed by atoms with van der Waals surface area (Å²) in [5.41, 5.74) is -0.411. The standard InChI is InChI=1S/C20H24N4O9S2/c1-32-19-7-6-17(35(30,31)22-8-10-33-11-9-22)13-18(19)21-20(25)14-23(34(2,28)29)15-4-3-5-16(12-15)24(26)27/h3-7,12-13H,8-11,14H2,1-2H3,(H,21,25). The van der Waals surface area contributed by atoms with Crippen LogP contribution in [0.2, 0.25) is 0 Å². The third kappa shape index (κ3) is 6.25. The van der Waals surface area contributed by atoms with Gasteiger partial charge in [-0.2, -0.15) is 4.31 Å². The minimum absolute atomic E-state index is 0.0133. The highest BCUT2D eigenvalue weighted by molar-refractivity contribution is 7.92. The quantitative estimate of drug-likeness (QED) is 0.369. The Balaban J connectivity index is 1.88. The molecule has 0 aromatic heterocycles. The molecule has 0 saturated carbocycles. The number of rotatable bonds is 9. The Hall–Kier alpha value is -3.27. The van der Waals surface area contributed by atoms with Gasteiger partial charge in [-0.25, -0.2) is 16.8 Å². The number of carbonyl (C=O) groups excluding carboxylic acids is 1. The minimum atomic E-state index is -4.01. The maximum Gasteiger partial charge on any atom is 0.271 e. The van der Waals surface area contributed by atoms with Crippen LogP contribution in [0.3, 0.4) is 0 Å². The second-order valence-electron chi connectivity index (χ2n) is 7.47. The summed E-state index contributed by atoms with van der Waals surface area (Å²) in [5.74, 6) is -0.665. The summed E-state index contributed by atoms with van der Waals surface area (Å²) in [6.45, 7) is 0.171. The average molecular weight is 529 g/mol. The molecule has 0 radical (unpaired) electrons. The summed E-state index contributed by atoms with van der Waals surface area (Å²) in [7, 11) is -6.55. The lowest BCUT2D eigenvalue weighted by Crippen LogP contribution is -2.40. The number of sulfonamides is 2. The molecule has 3 rings (SSSR count). The average Bonchev–Trinajstić information content (AvgIpc) is 2.82. The number of nitro benzene ring substituents is 1. The number of nitrogens with zero attached hydrogens (tertiary/aromatic N) is 3. The number of anilines is 2. The van der Waals surface area contributed by atoms with Crippen molar-refractivity contribution in [3.05, 3.63) is 52.6 Å². The topological polar surface area (TPSA) is 165 Å². The molecule has 2 aromatic carbocycles. The van der Waals surface area contributed by atoms with E-state index in [0.717, 1.165) is 12.3 Å². The summed E-state index contributed by atoms with van der Waals surface area (Å²) in [6, 6.07) is 8.77. The first-order valence-corrected chi connectivity index (χ1v) is 13.5. The molecular formula is C20H24N4O9S2. The second-order valence-corrected chi connectivity index (χ2v) is 11.3. The number of amides is 1. The molecule has 0 unspecified atom stereocenters. The lowest BCUT2D eigenvalue weighted by Gasteiger charge is -2.26. The highest BCUT2D eigenvalue weighted by Crippen LogP contribution is 2.30. The number of benzene rings is 2. The van der Waals surface area contributed by atoms with Crippen LogP contribution in [0.1, 0.15) is 0 Å². The highest BCUT2D eigenvalue weighted by Gasteiger charge is 2.28. The van der Waals surface area contributed by atoms with Crippen LogP contribution in [0, 0.1) is 10.1 Å². The van der Waals surface area contributed by atoms with Gasteiger partial charge in [-0.3, -0.25) is 19.2 Å². The second kappa shape index (κ2) is 10.6. The first-order chi connectivity index (χ1) is 16.4. The molecule has 1 fully saturated rings. The van der Waals surface area contributed by atoms with Crippen LogP contribution in [-0.4, -0.2) is 78.2 Å². The van der Waals surface area contributed by atoms with Gasteiger partial charge in [-0.05, 0) is 24.3 Å². The highest BCUT2D eigenvalue weighted by atomic mass is 32.2. The zero-order valence-corrected chi connectivity index (χ0v) is 20.5. The van der Waals surface area contributed by atoms with Gasteiger partial charge in [0, 0.05) is 25.2 Å². The third-order valence-corrected chi connectivity index (χ3v) is 8.10. The summed E-state index contributed by atoms with van der Waals surface area (Å²) in [5, 5.41) is 13.5. The van der Waals surface area contributed by atoms with Crippen LogP contribution >= 0.6 is 0 Å². The van der Waals surface area contributed by atoms with Gasteiger partial charge < -0.3 is 14.8 Å². The lowest BCUT2D eigenvalue weighted by atomic mass is 10.2. The Morgan fingerprint density at radius 2 is 1.86 bits per heavy atom. The van der Waals surface area contributed by atoms with E-state index >= 15 is 0 Å². The van der Waals surface area contributed by atoms with Gasteiger partial charge in [-0.15, -0.1) is 0 Å². The number of ether oxygens (including phenoxy) is 2. The van der Waals surface area contributed by atoms with E-state index in [1.54, 1.807) is 0 Å². The number of carbonyl (C=O) groups is 1. The molecule has 1 saturated heterocycles. The van der Waals surface area contributed by atoms with E-state index < -0.39 is 37.4 Å². The zero-order valence-electron chi connectivity index (χ0n) is 18.9. The number of nitro groups is 1. The third-order valence-electron chi connectivity index (χ3n) is 5.07. The first-order valence-electron chi connectivity index (χ1n) is 10.2. The van der Waals surface area contributed by atoms with Crippen molar-refractivity contribution in [3.63, 3.8) is 0 Å². The smallest absolute Gasteiger partial charge is 0.271 e. The SMILES string of the molecule is COc1ccc(S(=O)(=O)N2CCOCC2)cc1NC(=O)CN(c1cccc([N+](=O)[O-])c1)S(C)(=O)=O. The van der Waals surface area contributed by atoms with Gasteiger partial charge in [0.15, 0.2) is 0 Å². The van der Waals surface area contributed by atoms with E-state index in [1.807, 2.05) is 0 Å². The van der Waals surface area contributed by atoms with E-state index in [9.17, 15) is 31.7 Å². The molecule has 1 heterocycles. The summed E-state index contributed by atoms with van der Waals surface area (Å²) < 4.78 is 63.0. The van der Waals surface area contributed by atoms with Crippen molar-refractivity contribution in [3.8, 4) is 5.75 Å². The van der Waals surface area contributed by atoms with E-state index in [1.165, 1.54) is 47.8 Å². The monoisotopic (exact) mass is 528 g/mol. The van der Waals surface area contributed by atoms with Crippen molar-refractivity contribution >= 4 is 43.0 Å². The van der Waals surface area contributed by atoms with Crippen LogP contribution in [-0.2, 0) is 29.6 Å². The lowest BCUT2D eigenvalue weighted by molar-refractivity contribution is -0.384. The van der Waals surface area contributed by atoms with Crippen molar-refractivity contribution in [2.45, 2.75) is 4.90 Å². The van der Waals surface area contributed by atoms with E-state index in [2.05, 4.69) is 5.32 Å². The number of nitrogens with one attached hydrogen (secondary N) is 1. The van der Waals surface area contributed by atoms with Gasteiger partial charge in [-0.1, -0.05) is 6.07 Å². The van der Waals surface area contributed by atoms with Gasteiger partial charge in [0.25, 0.3) is 5.69 Å². The fraction of sp³-hybridized carbons (Fsp3) is 0.350. The van der Waals surface area contributed by atoms with Crippen LogP contribution in [0.4, 0.5) is 17.1 Å². The first kappa shape index (κ1) is 26.3. The molecule has 1 N–H and O–H groups in total. The van der Waals surface area contributed by atoms with Crippen molar-refractivity contribution in [1.82, 2.24) is 4.31 Å². The molecule has 35 heavy (non-hydrogen) atoms. The van der Waals surface area contributed by atoms with Crippen molar-refractivity contribution < 1.29 is 36.0 Å². The minimum Gasteiger partial charge on any atom is -0.495 e. The normalized spacial score (nSPS) is 14.8. The number of non-ortho nitro benzene ring substituents is 1. The predicted molar refractivity (Wildman–Crippen MR) is 126 cm³/mol. The molecule has 0 bridgehead atoms. The maximum atomic E-state index is 13.0. The van der Waals surface area contributed by atoms with Crippen LogP contribution < -0.4 is 14.4 Å². The molecule has 1 aliphatic rings. The van der Waals surface area contributed by atoms with Crippen LogP contribution in [0.25, 0.3) is 0 Å². The molecule has 1 aliphatic heterocycles. The van der Waals surface area contributed by atoms with Crippen LogP contribution in [0.5, 0.6) is 5.75 Å². The fourth-order valence-electron chi connectivity index (χ4n) is 3.36. The number of methoxy groups -OCH3 is 1. The summed E-state index contributed by atoms with van der Waals surface area (Å²) in [4.78, 5) is 23.1. The van der Waals surface area contributed by atoms with E-state index in [0.29, 0.717) is 4.31 Å². The summed E-state index contributed by atoms with van der Waals surface area (Å²) in [6.07, 6.45) is 0.856. The number of hydrogen-bond donors (Lipinski definition) is 1. The zero-order chi connectivity index (χ0) is 25.8. The molecular weight excluding hydrogens is 504 g/mol. The largest absolute Gasteiger partial charge is 0.495 e. The van der Waals surface area contributed by atoms with Crippen molar-refractivity contribution in [2.24, 2.45) is 0 Å². The van der Waals surface area contributed by atoms with E-state index in [4.69, 9.17) is 9.47 Å². The van der Waals surface area contributed by atoms with Crippen molar-refractivity contribution in [2.75, 3.05) is 55.8 Å².